The normalized spacial score (nSPS) is 32.8. The summed E-state index contributed by atoms with van der Waals surface area (Å²) >= 11 is 3.65. The molecule has 174 valence electrons. The van der Waals surface area contributed by atoms with Crippen molar-refractivity contribution in [3.05, 3.63) is 30.3 Å². The van der Waals surface area contributed by atoms with Gasteiger partial charge in [-0.05, 0) is 31.4 Å². The summed E-state index contributed by atoms with van der Waals surface area (Å²) in [5.41, 5.74) is -0.405. The molecule has 3 fully saturated rings. The Labute approximate surface area is 196 Å². The van der Waals surface area contributed by atoms with Crippen LogP contribution < -0.4 is 10.6 Å². The van der Waals surface area contributed by atoms with Crippen LogP contribution in [0, 0.1) is 11.8 Å². The molecule has 0 radical (unpaired) electrons. The topological polar surface area (TPSA) is 108 Å². The molecule has 3 aliphatic rings. The van der Waals surface area contributed by atoms with E-state index in [0.29, 0.717) is 25.1 Å². The molecule has 1 aromatic carbocycles. The number of hydrogen-bond donors (Lipinski definition) is 3. The molecule has 32 heavy (non-hydrogen) atoms. The molecule has 1 aromatic rings. The summed E-state index contributed by atoms with van der Waals surface area (Å²) in [6.45, 7) is 2.72. The monoisotopic (exact) mass is 507 g/mol. The Morgan fingerprint density at radius 3 is 2.69 bits per heavy atom. The van der Waals surface area contributed by atoms with Gasteiger partial charge in [-0.25, -0.2) is 0 Å². The Morgan fingerprint density at radius 1 is 1.25 bits per heavy atom. The number of ether oxygens (including phenoxy) is 1. The second-order valence-electron chi connectivity index (χ2n) is 8.77. The summed E-state index contributed by atoms with van der Waals surface area (Å²) in [5, 5.41) is 15.2. The maximum atomic E-state index is 13.6. The number of hydrogen-bond acceptors (Lipinski definition) is 5. The van der Waals surface area contributed by atoms with Gasteiger partial charge in [0.05, 0.1) is 17.9 Å². The highest BCUT2D eigenvalue weighted by Crippen LogP contribution is 2.60. The van der Waals surface area contributed by atoms with Gasteiger partial charge in [-0.2, -0.15) is 0 Å². The number of aliphatic hydroxyl groups excluding tert-OH is 1. The largest absolute Gasteiger partial charge is 0.396 e. The fourth-order valence-electron chi connectivity index (χ4n) is 5.44. The van der Waals surface area contributed by atoms with Crippen LogP contribution in [0.25, 0.3) is 0 Å². The molecule has 0 aliphatic carbocycles. The zero-order chi connectivity index (χ0) is 22.9. The van der Waals surface area contributed by atoms with Crippen LogP contribution in [-0.4, -0.2) is 70.0 Å². The molecular formula is C23H30BrN3O5. The maximum absolute atomic E-state index is 13.6. The number of amides is 3. The number of nitrogens with zero attached hydrogens (tertiary/aromatic N) is 1. The summed E-state index contributed by atoms with van der Waals surface area (Å²) in [7, 11) is 0. The van der Waals surface area contributed by atoms with E-state index in [-0.39, 0.29) is 35.7 Å². The average molecular weight is 508 g/mol. The lowest BCUT2D eigenvalue weighted by Gasteiger charge is -2.34. The van der Waals surface area contributed by atoms with Crippen LogP contribution in [0.1, 0.15) is 32.6 Å². The van der Waals surface area contributed by atoms with Crippen molar-refractivity contribution in [2.24, 2.45) is 11.8 Å². The van der Waals surface area contributed by atoms with Gasteiger partial charge in [0.25, 0.3) is 0 Å². The highest BCUT2D eigenvalue weighted by molar-refractivity contribution is 9.09. The molecule has 1 spiro atoms. The van der Waals surface area contributed by atoms with E-state index in [1.807, 2.05) is 25.1 Å². The van der Waals surface area contributed by atoms with Gasteiger partial charge in [0.1, 0.15) is 11.6 Å². The maximum Gasteiger partial charge on any atom is 0.245 e. The van der Waals surface area contributed by atoms with Crippen LogP contribution in [0.15, 0.2) is 30.3 Å². The number of benzene rings is 1. The fraction of sp³-hybridized carbons (Fsp3) is 0.609. The molecule has 0 saturated carbocycles. The Kier molecular flexibility index (Phi) is 6.88. The molecule has 0 aromatic heterocycles. The molecule has 3 aliphatic heterocycles. The number of alkyl halides is 1. The van der Waals surface area contributed by atoms with Gasteiger partial charge in [0.15, 0.2) is 0 Å². The summed E-state index contributed by atoms with van der Waals surface area (Å²) in [4.78, 5) is 41.6. The van der Waals surface area contributed by atoms with Crippen molar-refractivity contribution in [2.75, 3.05) is 25.0 Å². The van der Waals surface area contributed by atoms with E-state index in [1.165, 1.54) is 4.90 Å². The zero-order valence-corrected chi connectivity index (χ0v) is 19.7. The van der Waals surface area contributed by atoms with Crippen LogP contribution in [0.2, 0.25) is 0 Å². The van der Waals surface area contributed by atoms with Crippen LogP contribution in [0.3, 0.4) is 0 Å². The molecule has 9 heteroatoms. The summed E-state index contributed by atoms with van der Waals surface area (Å²) in [6.07, 6.45) is 2.13. The number of rotatable bonds is 9. The molecular weight excluding hydrogens is 478 g/mol. The number of para-hydroxylation sites is 1. The number of nitrogens with one attached hydrogen (secondary N) is 2. The van der Waals surface area contributed by atoms with Crippen molar-refractivity contribution in [3.63, 3.8) is 0 Å². The predicted octanol–water partition coefficient (Wildman–Crippen LogP) is 1.67. The first-order valence-corrected chi connectivity index (χ1v) is 12.2. The van der Waals surface area contributed by atoms with Gasteiger partial charge in [-0.15, -0.1) is 0 Å². The van der Waals surface area contributed by atoms with Gasteiger partial charge >= 0.3 is 0 Å². The van der Waals surface area contributed by atoms with Crippen LogP contribution >= 0.6 is 15.9 Å². The van der Waals surface area contributed by atoms with Crippen LogP contribution in [0.4, 0.5) is 5.69 Å². The smallest absolute Gasteiger partial charge is 0.245 e. The van der Waals surface area contributed by atoms with Crippen molar-refractivity contribution in [1.82, 2.24) is 10.2 Å². The second-order valence-corrected chi connectivity index (χ2v) is 9.95. The highest BCUT2D eigenvalue weighted by atomic mass is 79.9. The SMILES string of the molecule is CCCCNC(=O)C1N(CCCO)C(=O)[C@@H]2[C@H](C(=O)Nc3ccccc3)[C@H]3OC12CC3Br. The summed E-state index contributed by atoms with van der Waals surface area (Å²) in [5.74, 6) is -2.21. The number of carbonyl (C=O) groups is 3. The molecule has 3 amide bonds. The van der Waals surface area contributed by atoms with Crippen molar-refractivity contribution in [3.8, 4) is 0 Å². The van der Waals surface area contributed by atoms with E-state index in [2.05, 4.69) is 26.6 Å². The summed E-state index contributed by atoms with van der Waals surface area (Å²) < 4.78 is 6.39. The Bertz CT molecular complexity index is 868. The van der Waals surface area contributed by atoms with E-state index in [0.717, 1.165) is 12.8 Å². The van der Waals surface area contributed by atoms with Gasteiger partial charge in [-0.1, -0.05) is 47.5 Å². The number of halogens is 1. The average Bonchev–Trinajstić information content (AvgIpc) is 3.36. The van der Waals surface area contributed by atoms with E-state index in [4.69, 9.17) is 4.74 Å². The molecule has 3 N–H and O–H groups in total. The van der Waals surface area contributed by atoms with Gasteiger partial charge < -0.3 is 25.4 Å². The molecule has 8 nitrogen and oxygen atoms in total. The minimum absolute atomic E-state index is 0.0892. The Morgan fingerprint density at radius 2 is 2.00 bits per heavy atom. The molecule has 3 unspecified atom stereocenters. The third kappa shape index (κ3) is 3.84. The Hall–Kier alpha value is -1.97. The molecule has 3 saturated heterocycles. The minimum atomic E-state index is -1.06. The highest BCUT2D eigenvalue weighted by Gasteiger charge is 2.76. The first-order valence-electron chi connectivity index (χ1n) is 11.3. The van der Waals surface area contributed by atoms with Crippen LogP contribution in [-0.2, 0) is 19.1 Å². The van der Waals surface area contributed by atoms with Gasteiger partial charge in [0.2, 0.25) is 17.7 Å². The summed E-state index contributed by atoms with van der Waals surface area (Å²) in [6, 6.07) is 8.29. The van der Waals surface area contributed by atoms with Crippen molar-refractivity contribution in [2.45, 2.75) is 55.2 Å². The molecule has 6 atom stereocenters. The molecule has 4 rings (SSSR count). The van der Waals surface area contributed by atoms with Gasteiger partial charge in [-0.3, -0.25) is 14.4 Å². The van der Waals surface area contributed by atoms with Crippen molar-refractivity contribution < 1.29 is 24.2 Å². The lowest BCUT2D eigenvalue weighted by molar-refractivity contribution is -0.141. The first-order chi connectivity index (χ1) is 15.4. The van der Waals surface area contributed by atoms with Crippen molar-refractivity contribution in [1.29, 1.82) is 0 Å². The van der Waals surface area contributed by atoms with Crippen molar-refractivity contribution >= 4 is 39.3 Å². The quantitative estimate of drug-likeness (QED) is 0.348. The molecule has 3 heterocycles. The first kappa shape index (κ1) is 23.2. The number of anilines is 1. The van der Waals surface area contributed by atoms with E-state index in [9.17, 15) is 19.5 Å². The zero-order valence-electron chi connectivity index (χ0n) is 18.1. The number of carbonyl (C=O) groups excluding carboxylic acids is 3. The second kappa shape index (κ2) is 9.49. The third-order valence-electron chi connectivity index (χ3n) is 6.77. The standard InChI is InChI=1S/C23H30BrN3O5/c1-2-3-10-25-21(30)19-23-13-15(24)18(32-23)16(17(23)22(31)27(19)11-7-12-28)20(29)26-14-8-5-4-6-9-14/h4-6,8-9,15-19,28H,2-3,7,10-13H2,1H3,(H,25,30)(H,26,29)/t15?,16-,17-,18-,19?,23?/m0/s1. The molecule has 2 bridgehead atoms. The number of fused-ring (bicyclic) bond motifs is 1. The Balaban J connectivity index is 1.65. The van der Waals surface area contributed by atoms with Crippen LogP contribution in [0.5, 0.6) is 0 Å². The number of aliphatic hydroxyl groups is 1. The number of unbranched alkanes of at least 4 members (excludes halogenated alkanes) is 1. The number of likely N-dealkylation sites (tertiary alicyclic amines) is 1. The lowest BCUT2D eigenvalue weighted by atomic mass is 9.70. The van der Waals surface area contributed by atoms with E-state index in [1.54, 1.807) is 12.1 Å². The minimum Gasteiger partial charge on any atom is -0.396 e. The lowest BCUT2D eigenvalue weighted by Crippen LogP contribution is -2.56. The van der Waals surface area contributed by atoms with E-state index < -0.39 is 29.6 Å². The fourth-order valence-corrected chi connectivity index (χ4v) is 6.39. The third-order valence-corrected chi connectivity index (χ3v) is 7.61. The van der Waals surface area contributed by atoms with E-state index >= 15 is 0 Å². The predicted molar refractivity (Wildman–Crippen MR) is 122 cm³/mol. The van der Waals surface area contributed by atoms with Gasteiger partial charge in [0, 0.05) is 30.2 Å².